The molecule has 1 aromatic carbocycles. The number of carbonyl (C=O) groups excluding carboxylic acids is 2. The average molecular weight is 446 g/mol. The van der Waals surface area contributed by atoms with Crippen molar-refractivity contribution in [3.8, 4) is 0 Å². The van der Waals surface area contributed by atoms with Crippen molar-refractivity contribution in [3.05, 3.63) is 68.5 Å². The molecule has 0 aliphatic carbocycles. The van der Waals surface area contributed by atoms with E-state index in [0.29, 0.717) is 0 Å². The number of hydrogen-bond donors (Lipinski definition) is 1. The van der Waals surface area contributed by atoms with Crippen LogP contribution in [0.25, 0.3) is 0 Å². The molecule has 1 aromatic heterocycles. The largest absolute Gasteiger partial charge is 0.508 e. The van der Waals surface area contributed by atoms with E-state index >= 15 is 0 Å². The van der Waals surface area contributed by atoms with Gasteiger partial charge in [0.05, 0.1) is 6.61 Å². The topological polar surface area (TPSA) is 135 Å². The molecule has 1 N–H and O–H groups in total. The SMILES string of the molecule is CC(=O)O[C@@H]1[C@@H](OCc2ccccc2)[C@@H]([C@H]2COC(=O)O2)O[C@H]1n1cc(C)c(=O)[nH]c1=O. The molecule has 2 saturated heterocycles. The Kier molecular flexibility index (Phi) is 6.10. The van der Waals surface area contributed by atoms with Crippen molar-refractivity contribution in [2.75, 3.05) is 6.61 Å². The van der Waals surface area contributed by atoms with Crippen molar-refractivity contribution in [2.24, 2.45) is 0 Å². The normalized spacial score (nSPS) is 27.1. The summed E-state index contributed by atoms with van der Waals surface area (Å²) in [5.74, 6) is -0.619. The molecule has 0 bridgehead atoms. The number of cyclic esters (lactones) is 2. The van der Waals surface area contributed by atoms with Gasteiger partial charge in [-0.15, -0.1) is 0 Å². The monoisotopic (exact) mass is 446 g/mol. The first kappa shape index (κ1) is 21.8. The van der Waals surface area contributed by atoms with E-state index in [1.807, 2.05) is 30.3 Å². The lowest BCUT2D eigenvalue weighted by molar-refractivity contribution is -0.158. The molecule has 3 heterocycles. The van der Waals surface area contributed by atoms with Gasteiger partial charge < -0.3 is 23.7 Å². The first-order valence-electron chi connectivity index (χ1n) is 9.97. The number of aromatic nitrogens is 2. The molecule has 0 spiro atoms. The van der Waals surface area contributed by atoms with Crippen molar-refractivity contribution in [2.45, 2.75) is 51.1 Å². The second-order valence-corrected chi connectivity index (χ2v) is 7.52. The first-order chi connectivity index (χ1) is 15.3. The number of rotatable bonds is 6. The number of hydrogen-bond acceptors (Lipinski definition) is 9. The summed E-state index contributed by atoms with van der Waals surface area (Å²) in [5, 5.41) is 0. The smallest absolute Gasteiger partial charge is 0.455 e. The molecule has 2 aliphatic rings. The zero-order valence-electron chi connectivity index (χ0n) is 17.4. The standard InChI is InChI=1S/C21H22N2O9/c1-11-8-23(20(26)22-18(11)25)19-17(30-12(2)24)16(28-9-13-6-4-3-5-7-13)15(32-19)14-10-29-21(27)31-14/h3-8,14-17,19H,9-10H2,1-2H3,(H,22,25,26)/t14-,15-,16+,17-,19-/m1/s1. The predicted octanol–water partition coefficient (Wildman–Crippen LogP) is 0.795. The average Bonchev–Trinajstić information content (AvgIpc) is 3.33. The Hall–Kier alpha value is -3.44. The third kappa shape index (κ3) is 4.43. The van der Waals surface area contributed by atoms with Gasteiger partial charge in [-0.1, -0.05) is 30.3 Å². The van der Waals surface area contributed by atoms with Crippen LogP contribution in [-0.2, 0) is 35.1 Å². The van der Waals surface area contributed by atoms with E-state index in [2.05, 4.69) is 4.98 Å². The molecule has 4 rings (SSSR count). The molecule has 0 unspecified atom stereocenters. The fraction of sp³-hybridized carbons (Fsp3) is 0.429. The molecule has 0 amide bonds. The van der Waals surface area contributed by atoms with Gasteiger partial charge in [0.1, 0.15) is 18.8 Å². The number of benzene rings is 1. The molecule has 11 nitrogen and oxygen atoms in total. The maximum Gasteiger partial charge on any atom is 0.508 e. The van der Waals surface area contributed by atoms with E-state index in [-0.39, 0.29) is 18.8 Å². The van der Waals surface area contributed by atoms with E-state index in [9.17, 15) is 19.2 Å². The van der Waals surface area contributed by atoms with Gasteiger partial charge in [0.25, 0.3) is 5.56 Å². The summed E-state index contributed by atoms with van der Waals surface area (Å²) in [6, 6.07) is 9.28. The van der Waals surface area contributed by atoms with E-state index in [4.69, 9.17) is 23.7 Å². The van der Waals surface area contributed by atoms with Gasteiger partial charge in [0.2, 0.25) is 0 Å². The molecule has 2 fully saturated rings. The summed E-state index contributed by atoms with van der Waals surface area (Å²) in [5.41, 5.74) is -0.173. The molecule has 2 aliphatic heterocycles. The molecule has 2 aromatic rings. The van der Waals surface area contributed by atoms with Crippen LogP contribution in [0.1, 0.15) is 24.3 Å². The van der Waals surface area contributed by atoms with Gasteiger partial charge in [-0.3, -0.25) is 19.1 Å². The van der Waals surface area contributed by atoms with Crippen molar-refractivity contribution < 1.29 is 33.3 Å². The maximum atomic E-state index is 12.5. The summed E-state index contributed by atoms with van der Waals surface area (Å²) in [6.45, 7) is 2.81. The van der Waals surface area contributed by atoms with Gasteiger partial charge in [-0.25, -0.2) is 9.59 Å². The Balaban J connectivity index is 1.70. The van der Waals surface area contributed by atoms with Gasteiger partial charge in [0.15, 0.2) is 18.4 Å². The summed E-state index contributed by atoms with van der Waals surface area (Å²) in [4.78, 5) is 49.9. The molecule has 170 valence electrons. The summed E-state index contributed by atoms with van der Waals surface area (Å²) < 4.78 is 28.8. The van der Waals surface area contributed by atoms with Crippen LogP contribution in [0.3, 0.4) is 0 Å². The van der Waals surface area contributed by atoms with Crippen LogP contribution in [0.5, 0.6) is 0 Å². The van der Waals surface area contributed by atoms with Gasteiger partial charge in [-0.05, 0) is 12.5 Å². The lowest BCUT2D eigenvalue weighted by Gasteiger charge is -2.25. The summed E-state index contributed by atoms with van der Waals surface area (Å²) in [6.07, 6.45) is -4.39. The minimum absolute atomic E-state index is 0.0895. The molecule has 0 saturated carbocycles. The van der Waals surface area contributed by atoms with Gasteiger partial charge in [-0.2, -0.15) is 0 Å². The molecular formula is C21H22N2O9. The zero-order valence-corrected chi connectivity index (χ0v) is 17.4. The number of ether oxygens (including phenoxy) is 5. The number of nitrogens with zero attached hydrogens (tertiary/aromatic N) is 1. The Labute approximate surface area is 181 Å². The Morgan fingerprint density at radius 1 is 1.19 bits per heavy atom. The molecule has 32 heavy (non-hydrogen) atoms. The van der Waals surface area contributed by atoms with E-state index < -0.39 is 54.0 Å². The number of esters is 1. The summed E-state index contributed by atoms with van der Waals surface area (Å²) in [7, 11) is 0. The lowest BCUT2D eigenvalue weighted by Crippen LogP contribution is -2.44. The number of H-pyrrole nitrogens is 1. The molecule has 5 atom stereocenters. The minimum Gasteiger partial charge on any atom is -0.455 e. The summed E-state index contributed by atoms with van der Waals surface area (Å²) >= 11 is 0. The van der Waals surface area contributed by atoms with Gasteiger partial charge >= 0.3 is 17.8 Å². The number of aryl methyl sites for hydroxylation is 1. The Morgan fingerprint density at radius 2 is 1.94 bits per heavy atom. The van der Waals surface area contributed by atoms with E-state index in [1.165, 1.54) is 20.0 Å². The highest BCUT2D eigenvalue weighted by atomic mass is 16.8. The second-order valence-electron chi connectivity index (χ2n) is 7.52. The highest BCUT2D eigenvalue weighted by Gasteiger charge is 2.54. The quantitative estimate of drug-likeness (QED) is 0.639. The third-order valence-electron chi connectivity index (χ3n) is 5.21. The molecule has 0 radical (unpaired) electrons. The fourth-order valence-electron chi connectivity index (χ4n) is 3.74. The van der Waals surface area contributed by atoms with E-state index in [0.717, 1.165) is 10.1 Å². The zero-order chi connectivity index (χ0) is 22.8. The highest BCUT2D eigenvalue weighted by Crippen LogP contribution is 2.37. The van der Waals surface area contributed by atoms with Crippen LogP contribution < -0.4 is 11.2 Å². The number of aromatic amines is 1. The van der Waals surface area contributed by atoms with Gasteiger partial charge in [0, 0.05) is 18.7 Å². The van der Waals surface area contributed by atoms with Crippen molar-refractivity contribution in [1.82, 2.24) is 9.55 Å². The molecular weight excluding hydrogens is 424 g/mol. The molecule has 11 heteroatoms. The Morgan fingerprint density at radius 3 is 2.59 bits per heavy atom. The minimum atomic E-state index is -1.13. The number of carbonyl (C=O) groups is 2. The van der Waals surface area contributed by atoms with Crippen LogP contribution >= 0.6 is 0 Å². The maximum absolute atomic E-state index is 12.5. The Bertz CT molecular complexity index is 1110. The van der Waals surface area contributed by atoms with Crippen LogP contribution in [-0.4, -0.2) is 52.7 Å². The second kappa shape index (κ2) is 8.97. The van der Waals surface area contributed by atoms with E-state index in [1.54, 1.807) is 0 Å². The van der Waals surface area contributed by atoms with Crippen molar-refractivity contribution >= 4 is 12.1 Å². The van der Waals surface area contributed by atoms with Crippen LogP contribution in [0.15, 0.2) is 46.1 Å². The lowest BCUT2D eigenvalue weighted by atomic mass is 10.0. The number of nitrogens with one attached hydrogen (secondary N) is 1. The van der Waals surface area contributed by atoms with Crippen LogP contribution in [0.2, 0.25) is 0 Å². The van der Waals surface area contributed by atoms with Crippen LogP contribution in [0, 0.1) is 6.92 Å². The fourth-order valence-corrected chi connectivity index (χ4v) is 3.74. The predicted molar refractivity (Wildman–Crippen MR) is 107 cm³/mol. The third-order valence-corrected chi connectivity index (χ3v) is 5.21. The first-order valence-corrected chi connectivity index (χ1v) is 9.97. The van der Waals surface area contributed by atoms with Crippen LogP contribution in [0.4, 0.5) is 4.79 Å². The van der Waals surface area contributed by atoms with Crippen molar-refractivity contribution in [1.29, 1.82) is 0 Å². The highest BCUT2D eigenvalue weighted by molar-refractivity contribution is 5.66. The van der Waals surface area contributed by atoms with Crippen molar-refractivity contribution in [3.63, 3.8) is 0 Å².